The Hall–Kier alpha value is -0.650. The fraction of sp³-hybridized carbons (Fsp3) is 0.929. The molecule has 0 aliphatic carbocycles. The maximum Gasteiger partial charge on any atom is 0.234 e. The molecular formula is C14H29N3O2. The van der Waals surface area contributed by atoms with E-state index in [9.17, 15) is 4.79 Å². The predicted octanol–water partition coefficient (Wildman–Crippen LogP) is 0.459. The SMILES string of the molecule is CNC(C)C1CCN(CC(=O)NCCCOC)CC1. The first-order valence-electron chi connectivity index (χ1n) is 7.32. The summed E-state index contributed by atoms with van der Waals surface area (Å²) in [5.74, 6) is 0.877. The molecule has 112 valence electrons. The summed E-state index contributed by atoms with van der Waals surface area (Å²) in [6, 6.07) is 0.574. The summed E-state index contributed by atoms with van der Waals surface area (Å²) in [6.07, 6.45) is 3.24. The molecular weight excluding hydrogens is 242 g/mol. The van der Waals surface area contributed by atoms with Crippen LogP contribution in [0.3, 0.4) is 0 Å². The van der Waals surface area contributed by atoms with Crippen molar-refractivity contribution in [1.29, 1.82) is 0 Å². The van der Waals surface area contributed by atoms with E-state index in [0.717, 1.165) is 25.4 Å². The lowest BCUT2D eigenvalue weighted by Crippen LogP contribution is -2.44. The number of hydrogen-bond donors (Lipinski definition) is 2. The standard InChI is InChI=1S/C14H29N3O2/c1-12(15-2)13-5-8-17(9-6-13)11-14(18)16-7-4-10-19-3/h12-13,15H,4-11H2,1-3H3,(H,16,18). The van der Waals surface area contributed by atoms with Gasteiger partial charge in [0.2, 0.25) is 5.91 Å². The second-order valence-corrected chi connectivity index (χ2v) is 5.39. The Kier molecular flexibility index (Phi) is 8.02. The smallest absolute Gasteiger partial charge is 0.234 e. The molecule has 0 aromatic heterocycles. The van der Waals surface area contributed by atoms with Crippen LogP contribution in [0.4, 0.5) is 0 Å². The molecule has 1 unspecified atom stereocenters. The van der Waals surface area contributed by atoms with Gasteiger partial charge in [0.15, 0.2) is 0 Å². The van der Waals surface area contributed by atoms with E-state index in [1.54, 1.807) is 7.11 Å². The van der Waals surface area contributed by atoms with Crippen LogP contribution in [0.1, 0.15) is 26.2 Å². The average molecular weight is 271 g/mol. The van der Waals surface area contributed by atoms with Crippen LogP contribution in [0, 0.1) is 5.92 Å². The van der Waals surface area contributed by atoms with Crippen LogP contribution < -0.4 is 10.6 Å². The van der Waals surface area contributed by atoms with Crippen LogP contribution in [0.5, 0.6) is 0 Å². The molecule has 1 atom stereocenters. The summed E-state index contributed by atoms with van der Waals surface area (Å²) >= 11 is 0. The highest BCUT2D eigenvalue weighted by molar-refractivity contribution is 5.77. The van der Waals surface area contributed by atoms with Crippen molar-refractivity contribution in [3.63, 3.8) is 0 Å². The third-order valence-corrected chi connectivity index (χ3v) is 4.01. The van der Waals surface area contributed by atoms with Crippen molar-refractivity contribution in [3.8, 4) is 0 Å². The molecule has 0 saturated carbocycles. The molecule has 1 saturated heterocycles. The normalized spacial score (nSPS) is 19.3. The van der Waals surface area contributed by atoms with E-state index >= 15 is 0 Å². The molecule has 0 radical (unpaired) electrons. The third-order valence-electron chi connectivity index (χ3n) is 4.01. The fourth-order valence-corrected chi connectivity index (χ4v) is 2.55. The molecule has 1 rings (SSSR count). The van der Waals surface area contributed by atoms with E-state index < -0.39 is 0 Å². The van der Waals surface area contributed by atoms with Crippen LogP contribution >= 0.6 is 0 Å². The second kappa shape index (κ2) is 9.28. The van der Waals surface area contributed by atoms with Crippen LogP contribution in [0.2, 0.25) is 0 Å². The molecule has 1 aliphatic heterocycles. The second-order valence-electron chi connectivity index (χ2n) is 5.39. The zero-order chi connectivity index (χ0) is 14.1. The number of methoxy groups -OCH3 is 1. The predicted molar refractivity (Wildman–Crippen MR) is 77.2 cm³/mol. The minimum atomic E-state index is 0.135. The number of carbonyl (C=O) groups excluding carboxylic acids is 1. The number of nitrogens with zero attached hydrogens (tertiary/aromatic N) is 1. The maximum atomic E-state index is 11.7. The highest BCUT2D eigenvalue weighted by Gasteiger charge is 2.23. The Bertz CT molecular complexity index is 253. The number of amides is 1. The van der Waals surface area contributed by atoms with Crippen molar-refractivity contribution in [2.45, 2.75) is 32.2 Å². The summed E-state index contributed by atoms with van der Waals surface area (Å²) < 4.78 is 4.95. The lowest BCUT2D eigenvalue weighted by molar-refractivity contribution is -0.122. The summed E-state index contributed by atoms with van der Waals surface area (Å²) in [4.78, 5) is 14.0. The molecule has 0 aromatic rings. The Labute approximate surface area is 117 Å². The van der Waals surface area contributed by atoms with Gasteiger partial charge in [-0.3, -0.25) is 9.69 Å². The molecule has 1 heterocycles. The van der Waals surface area contributed by atoms with Gasteiger partial charge in [0.1, 0.15) is 0 Å². The van der Waals surface area contributed by atoms with E-state index in [-0.39, 0.29) is 5.91 Å². The first kappa shape index (κ1) is 16.4. The van der Waals surface area contributed by atoms with E-state index in [0.29, 0.717) is 25.7 Å². The molecule has 1 fully saturated rings. The molecule has 1 aliphatic rings. The molecule has 1 amide bonds. The van der Waals surface area contributed by atoms with Crippen molar-refractivity contribution in [3.05, 3.63) is 0 Å². The van der Waals surface area contributed by atoms with Crippen LogP contribution in [-0.2, 0) is 9.53 Å². The molecule has 0 bridgehead atoms. The summed E-state index contributed by atoms with van der Waals surface area (Å²) in [5.41, 5.74) is 0. The monoisotopic (exact) mass is 271 g/mol. The van der Waals surface area contributed by atoms with Crippen molar-refractivity contribution in [1.82, 2.24) is 15.5 Å². The number of rotatable bonds is 8. The van der Waals surface area contributed by atoms with Crippen LogP contribution in [0.15, 0.2) is 0 Å². The number of nitrogens with one attached hydrogen (secondary N) is 2. The van der Waals surface area contributed by atoms with Gasteiger partial charge >= 0.3 is 0 Å². The minimum absolute atomic E-state index is 0.135. The first-order valence-corrected chi connectivity index (χ1v) is 7.32. The largest absolute Gasteiger partial charge is 0.385 e. The van der Waals surface area contributed by atoms with Gasteiger partial charge in [0.05, 0.1) is 6.54 Å². The lowest BCUT2D eigenvalue weighted by atomic mass is 9.90. The van der Waals surface area contributed by atoms with E-state index in [1.165, 1.54) is 12.8 Å². The number of hydrogen-bond acceptors (Lipinski definition) is 4. The first-order chi connectivity index (χ1) is 9.17. The highest BCUT2D eigenvalue weighted by Crippen LogP contribution is 2.19. The maximum absolute atomic E-state index is 11.7. The van der Waals surface area contributed by atoms with Gasteiger partial charge in [0, 0.05) is 26.3 Å². The van der Waals surface area contributed by atoms with E-state index in [2.05, 4.69) is 22.5 Å². The Morgan fingerprint density at radius 1 is 1.42 bits per heavy atom. The quantitative estimate of drug-likeness (QED) is 0.630. The third kappa shape index (κ3) is 6.36. The summed E-state index contributed by atoms with van der Waals surface area (Å²) in [7, 11) is 3.70. The fourth-order valence-electron chi connectivity index (χ4n) is 2.55. The molecule has 5 nitrogen and oxygen atoms in total. The Morgan fingerprint density at radius 3 is 2.68 bits per heavy atom. The number of carbonyl (C=O) groups is 1. The molecule has 5 heteroatoms. The van der Waals surface area contributed by atoms with Gasteiger partial charge in [-0.1, -0.05) is 0 Å². The number of likely N-dealkylation sites (tertiary alicyclic amines) is 1. The van der Waals surface area contributed by atoms with Gasteiger partial charge in [-0.25, -0.2) is 0 Å². The number of ether oxygens (including phenoxy) is 1. The molecule has 0 spiro atoms. The van der Waals surface area contributed by atoms with Gasteiger partial charge in [-0.05, 0) is 52.2 Å². The van der Waals surface area contributed by atoms with Crippen molar-refractivity contribution in [2.75, 3.05) is 46.9 Å². The molecule has 19 heavy (non-hydrogen) atoms. The number of piperidine rings is 1. The summed E-state index contributed by atoms with van der Waals surface area (Å²) in [6.45, 7) is 6.24. The van der Waals surface area contributed by atoms with E-state index in [4.69, 9.17) is 4.74 Å². The minimum Gasteiger partial charge on any atom is -0.385 e. The van der Waals surface area contributed by atoms with E-state index in [1.807, 2.05) is 7.05 Å². The van der Waals surface area contributed by atoms with Crippen molar-refractivity contribution in [2.24, 2.45) is 5.92 Å². The lowest BCUT2D eigenvalue weighted by Gasteiger charge is -2.34. The molecule has 0 aromatic carbocycles. The molecule has 2 N–H and O–H groups in total. The topological polar surface area (TPSA) is 53.6 Å². The van der Waals surface area contributed by atoms with Crippen LogP contribution in [-0.4, -0.2) is 63.8 Å². The Balaban J connectivity index is 2.13. The van der Waals surface area contributed by atoms with Gasteiger partial charge < -0.3 is 15.4 Å². The van der Waals surface area contributed by atoms with Gasteiger partial charge in [-0.2, -0.15) is 0 Å². The van der Waals surface area contributed by atoms with Crippen molar-refractivity contribution >= 4 is 5.91 Å². The van der Waals surface area contributed by atoms with Gasteiger partial charge in [0.25, 0.3) is 0 Å². The zero-order valence-corrected chi connectivity index (χ0v) is 12.6. The van der Waals surface area contributed by atoms with Crippen LogP contribution in [0.25, 0.3) is 0 Å². The Morgan fingerprint density at radius 2 is 2.11 bits per heavy atom. The van der Waals surface area contributed by atoms with Crippen molar-refractivity contribution < 1.29 is 9.53 Å². The van der Waals surface area contributed by atoms with Gasteiger partial charge in [-0.15, -0.1) is 0 Å². The summed E-state index contributed by atoms with van der Waals surface area (Å²) in [5, 5.41) is 6.26. The zero-order valence-electron chi connectivity index (χ0n) is 12.6. The highest BCUT2D eigenvalue weighted by atomic mass is 16.5. The average Bonchev–Trinajstić information content (AvgIpc) is 2.43.